The first kappa shape index (κ1) is 25.1. The van der Waals surface area contributed by atoms with Crippen molar-refractivity contribution in [3.05, 3.63) is 41.7 Å². The van der Waals surface area contributed by atoms with Gasteiger partial charge in [-0.3, -0.25) is 0 Å². The van der Waals surface area contributed by atoms with Crippen LogP contribution in [-0.2, 0) is 10.0 Å². The van der Waals surface area contributed by atoms with Crippen LogP contribution in [0, 0.1) is 5.92 Å². The van der Waals surface area contributed by atoms with Crippen molar-refractivity contribution in [1.29, 1.82) is 0 Å². The topological polar surface area (TPSA) is 114 Å². The van der Waals surface area contributed by atoms with E-state index in [0.29, 0.717) is 42.3 Å². The van der Waals surface area contributed by atoms with Crippen molar-refractivity contribution in [3.8, 4) is 5.88 Å². The number of piperazine rings is 1. The SMILES string of the molecule is CC1(C)Oc2ncnc(N)c2N=C1c1ccc(C2CCC(CN3CCN(S(C)(=O)=O)CC3)CC2)cc1. The molecule has 5 rings (SSSR count). The van der Waals surface area contributed by atoms with Crippen molar-refractivity contribution in [1.82, 2.24) is 19.2 Å². The largest absolute Gasteiger partial charge is 0.463 e. The second-order valence-electron chi connectivity index (χ2n) is 10.8. The summed E-state index contributed by atoms with van der Waals surface area (Å²) >= 11 is 0. The summed E-state index contributed by atoms with van der Waals surface area (Å²) < 4.78 is 31.2. The van der Waals surface area contributed by atoms with Gasteiger partial charge in [-0.25, -0.2) is 18.4 Å². The Morgan fingerprint density at radius 2 is 1.69 bits per heavy atom. The van der Waals surface area contributed by atoms with Crippen LogP contribution in [0.5, 0.6) is 5.88 Å². The third kappa shape index (κ3) is 5.26. The maximum atomic E-state index is 11.7. The van der Waals surface area contributed by atoms with Crippen LogP contribution in [0.25, 0.3) is 0 Å². The average molecular weight is 513 g/mol. The molecule has 1 aliphatic carbocycles. The number of sulfonamides is 1. The average Bonchev–Trinajstić information content (AvgIpc) is 2.84. The molecule has 2 N–H and O–H groups in total. The van der Waals surface area contributed by atoms with Gasteiger partial charge in [-0.1, -0.05) is 24.3 Å². The first-order chi connectivity index (χ1) is 17.1. The summed E-state index contributed by atoms with van der Waals surface area (Å²) in [5.41, 5.74) is 9.09. The van der Waals surface area contributed by atoms with Gasteiger partial charge in [0.15, 0.2) is 11.5 Å². The molecule has 1 aromatic carbocycles. The van der Waals surface area contributed by atoms with Crippen LogP contribution >= 0.6 is 0 Å². The van der Waals surface area contributed by atoms with Gasteiger partial charge in [0.05, 0.1) is 12.0 Å². The Hall–Kier alpha value is -2.56. The Labute approximate surface area is 213 Å². The van der Waals surface area contributed by atoms with Gasteiger partial charge in [-0.2, -0.15) is 9.29 Å². The number of benzene rings is 1. The van der Waals surface area contributed by atoms with E-state index in [-0.39, 0.29) is 0 Å². The minimum Gasteiger partial charge on any atom is -0.463 e. The second kappa shape index (κ2) is 9.72. The third-order valence-electron chi connectivity index (χ3n) is 7.78. The zero-order valence-corrected chi connectivity index (χ0v) is 22.2. The van der Waals surface area contributed by atoms with Crippen molar-refractivity contribution in [2.75, 3.05) is 44.7 Å². The molecule has 0 atom stereocenters. The fraction of sp³-hybridized carbons (Fsp3) is 0.577. The fourth-order valence-corrected chi connectivity index (χ4v) is 6.53. The van der Waals surface area contributed by atoms with Crippen molar-refractivity contribution in [2.45, 2.75) is 51.0 Å². The van der Waals surface area contributed by atoms with E-state index >= 15 is 0 Å². The predicted octanol–water partition coefficient (Wildman–Crippen LogP) is 3.20. The van der Waals surface area contributed by atoms with Crippen LogP contribution < -0.4 is 10.5 Å². The van der Waals surface area contributed by atoms with Crippen molar-refractivity contribution >= 4 is 27.2 Å². The van der Waals surface area contributed by atoms with E-state index in [1.807, 2.05) is 13.8 Å². The number of ether oxygens (including phenoxy) is 1. The highest BCUT2D eigenvalue weighted by atomic mass is 32.2. The first-order valence-corrected chi connectivity index (χ1v) is 14.6. The summed E-state index contributed by atoms with van der Waals surface area (Å²) in [4.78, 5) is 15.5. The molecule has 194 valence electrons. The summed E-state index contributed by atoms with van der Waals surface area (Å²) in [5.74, 6) is 1.99. The summed E-state index contributed by atoms with van der Waals surface area (Å²) in [5, 5.41) is 0. The molecule has 0 spiro atoms. The van der Waals surface area contributed by atoms with Crippen LogP contribution in [-0.4, -0.2) is 77.9 Å². The molecule has 0 radical (unpaired) electrons. The Bertz CT molecular complexity index is 1230. The molecule has 0 unspecified atom stereocenters. The Kier molecular flexibility index (Phi) is 6.78. The van der Waals surface area contributed by atoms with E-state index < -0.39 is 15.6 Å². The molecule has 10 heteroatoms. The van der Waals surface area contributed by atoms with Gasteiger partial charge in [0.25, 0.3) is 0 Å². The molecule has 9 nitrogen and oxygen atoms in total. The number of nitrogens with zero attached hydrogens (tertiary/aromatic N) is 5. The number of rotatable bonds is 5. The predicted molar refractivity (Wildman–Crippen MR) is 141 cm³/mol. The number of nitrogen functional groups attached to an aromatic ring is 1. The highest BCUT2D eigenvalue weighted by molar-refractivity contribution is 7.88. The van der Waals surface area contributed by atoms with E-state index in [1.165, 1.54) is 43.8 Å². The van der Waals surface area contributed by atoms with Gasteiger partial charge in [0.2, 0.25) is 15.9 Å². The van der Waals surface area contributed by atoms with Crippen molar-refractivity contribution in [2.24, 2.45) is 10.9 Å². The maximum absolute atomic E-state index is 11.7. The molecule has 2 aromatic rings. The summed E-state index contributed by atoms with van der Waals surface area (Å²) in [6, 6.07) is 8.72. The van der Waals surface area contributed by atoms with Crippen molar-refractivity contribution < 1.29 is 13.2 Å². The van der Waals surface area contributed by atoms with Crippen LogP contribution in [0.2, 0.25) is 0 Å². The molecular weight excluding hydrogens is 476 g/mol. The smallest absolute Gasteiger partial charge is 0.246 e. The monoisotopic (exact) mass is 512 g/mol. The third-order valence-corrected chi connectivity index (χ3v) is 9.08. The normalized spacial score (nSPS) is 25.0. The van der Waals surface area contributed by atoms with E-state index in [4.69, 9.17) is 15.5 Å². The summed E-state index contributed by atoms with van der Waals surface area (Å²) in [6.07, 6.45) is 7.49. The molecule has 0 bridgehead atoms. The molecule has 1 aromatic heterocycles. The molecule has 3 heterocycles. The standard InChI is InChI=1S/C26H36N6O3S/c1-26(2)23(30-22-24(27)28-17-29-25(22)35-26)21-10-8-20(9-11-21)19-6-4-18(5-7-19)16-31-12-14-32(15-13-31)36(3,33)34/h8-11,17-19H,4-7,12-16H2,1-3H3,(H2,27,28,29). The molecule has 1 saturated heterocycles. The lowest BCUT2D eigenvalue weighted by Crippen LogP contribution is -2.49. The highest BCUT2D eigenvalue weighted by Gasteiger charge is 2.35. The number of anilines is 1. The molecule has 1 saturated carbocycles. The highest BCUT2D eigenvalue weighted by Crippen LogP contribution is 2.40. The second-order valence-corrected chi connectivity index (χ2v) is 12.8. The maximum Gasteiger partial charge on any atom is 0.246 e. The van der Waals surface area contributed by atoms with E-state index in [1.54, 1.807) is 4.31 Å². The Morgan fingerprint density at radius 1 is 1.03 bits per heavy atom. The number of nitrogens with two attached hydrogens (primary N) is 1. The van der Waals surface area contributed by atoms with Gasteiger partial charge in [0.1, 0.15) is 11.9 Å². The number of hydrogen-bond acceptors (Lipinski definition) is 8. The van der Waals surface area contributed by atoms with Gasteiger partial charge in [-0.05, 0) is 56.9 Å². The van der Waals surface area contributed by atoms with Gasteiger partial charge >= 0.3 is 0 Å². The van der Waals surface area contributed by atoms with E-state index in [2.05, 4.69) is 39.1 Å². The summed E-state index contributed by atoms with van der Waals surface area (Å²) in [6.45, 7) is 7.94. The fourth-order valence-electron chi connectivity index (χ4n) is 5.70. The number of aromatic nitrogens is 2. The zero-order valence-electron chi connectivity index (χ0n) is 21.4. The lowest BCUT2D eigenvalue weighted by molar-refractivity contribution is 0.147. The lowest BCUT2D eigenvalue weighted by Gasteiger charge is -2.37. The van der Waals surface area contributed by atoms with Crippen LogP contribution in [0.3, 0.4) is 0 Å². The van der Waals surface area contributed by atoms with Crippen LogP contribution in [0.4, 0.5) is 11.5 Å². The quantitative estimate of drug-likeness (QED) is 0.654. The number of fused-ring (bicyclic) bond motifs is 1. The lowest BCUT2D eigenvalue weighted by atomic mass is 9.78. The van der Waals surface area contributed by atoms with Gasteiger partial charge in [-0.15, -0.1) is 0 Å². The molecule has 2 fully saturated rings. The molecule has 36 heavy (non-hydrogen) atoms. The number of hydrogen-bond donors (Lipinski definition) is 1. The minimum absolute atomic E-state index is 0.318. The molecule has 3 aliphatic rings. The zero-order chi connectivity index (χ0) is 25.5. The molecule has 2 aliphatic heterocycles. The number of aliphatic imine (C=N–C) groups is 1. The van der Waals surface area contributed by atoms with Crippen LogP contribution in [0.1, 0.15) is 56.6 Å². The van der Waals surface area contributed by atoms with E-state index in [9.17, 15) is 8.42 Å². The minimum atomic E-state index is -3.07. The molecule has 0 amide bonds. The Morgan fingerprint density at radius 3 is 2.33 bits per heavy atom. The van der Waals surface area contributed by atoms with Crippen molar-refractivity contribution in [3.63, 3.8) is 0 Å². The Balaban J connectivity index is 1.19. The van der Waals surface area contributed by atoms with E-state index in [0.717, 1.165) is 30.9 Å². The first-order valence-electron chi connectivity index (χ1n) is 12.8. The van der Waals surface area contributed by atoms with Gasteiger partial charge in [0, 0.05) is 38.3 Å². The van der Waals surface area contributed by atoms with Crippen LogP contribution in [0.15, 0.2) is 35.6 Å². The molecular formula is C26H36N6O3S. The summed E-state index contributed by atoms with van der Waals surface area (Å²) in [7, 11) is -3.07. The van der Waals surface area contributed by atoms with Gasteiger partial charge < -0.3 is 15.4 Å².